The highest BCUT2D eigenvalue weighted by Crippen LogP contribution is 2.16. The highest BCUT2D eigenvalue weighted by molar-refractivity contribution is 5.76. The molecule has 1 fully saturated rings. The van der Waals surface area contributed by atoms with Gasteiger partial charge in [-0.2, -0.15) is 0 Å². The summed E-state index contributed by atoms with van der Waals surface area (Å²) in [6.07, 6.45) is 1.63. The molecule has 1 amide bonds. The molecular weight excluding hydrogens is 232 g/mol. The van der Waals surface area contributed by atoms with Gasteiger partial charge in [-0.1, -0.05) is 6.07 Å². The Kier molecular flexibility index (Phi) is 3.52. The number of rotatable bonds is 2. The Hall–Kier alpha value is -1.62. The molecule has 0 bridgehead atoms. The van der Waals surface area contributed by atoms with Crippen LogP contribution in [0.25, 0.3) is 0 Å². The average molecular weight is 250 g/mol. The first-order chi connectivity index (χ1) is 8.48. The van der Waals surface area contributed by atoms with Gasteiger partial charge in [0.05, 0.1) is 12.2 Å². The highest BCUT2D eigenvalue weighted by Gasteiger charge is 2.29. The van der Waals surface area contributed by atoms with Gasteiger partial charge in [0.15, 0.2) is 0 Å². The third-order valence-electron chi connectivity index (χ3n) is 2.98. The Labute approximate surface area is 106 Å². The van der Waals surface area contributed by atoms with Crippen molar-refractivity contribution in [2.75, 3.05) is 19.7 Å². The van der Waals surface area contributed by atoms with E-state index in [0.29, 0.717) is 19.7 Å². The molecule has 98 valence electrons. The number of amides is 1. The van der Waals surface area contributed by atoms with Gasteiger partial charge in [0.2, 0.25) is 5.91 Å². The van der Waals surface area contributed by atoms with E-state index >= 15 is 0 Å². The topological polar surface area (TPSA) is 51.5 Å². The van der Waals surface area contributed by atoms with Crippen LogP contribution in [0.1, 0.15) is 13.8 Å². The van der Waals surface area contributed by atoms with Crippen molar-refractivity contribution in [3.8, 4) is 0 Å². The summed E-state index contributed by atoms with van der Waals surface area (Å²) in [5.41, 5.74) is -0.464. The fourth-order valence-electron chi connectivity index (χ4n) is 2.07. The van der Waals surface area contributed by atoms with Gasteiger partial charge < -0.3 is 14.2 Å². The lowest BCUT2D eigenvalue weighted by atomic mass is 10.1. The number of ether oxygens (including phenoxy) is 1. The average Bonchev–Trinajstić information content (AvgIpc) is 2.31. The second kappa shape index (κ2) is 4.94. The zero-order valence-electron chi connectivity index (χ0n) is 10.8. The molecule has 1 aliphatic rings. The maximum atomic E-state index is 12.1. The lowest BCUT2D eigenvalue weighted by Crippen LogP contribution is -2.51. The normalized spacial score (nSPS) is 18.7. The molecule has 0 aliphatic carbocycles. The zero-order chi connectivity index (χ0) is 13.2. The van der Waals surface area contributed by atoms with Crippen molar-refractivity contribution < 1.29 is 9.53 Å². The smallest absolute Gasteiger partial charge is 0.250 e. The van der Waals surface area contributed by atoms with Crippen LogP contribution in [0.15, 0.2) is 29.2 Å². The highest BCUT2D eigenvalue weighted by atomic mass is 16.5. The van der Waals surface area contributed by atoms with Gasteiger partial charge in [0.1, 0.15) is 6.54 Å². The summed E-state index contributed by atoms with van der Waals surface area (Å²) in [7, 11) is 0. The van der Waals surface area contributed by atoms with Crippen molar-refractivity contribution in [2.24, 2.45) is 0 Å². The van der Waals surface area contributed by atoms with E-state index < -0.39 is 0 Å². The summed E-state index contributed by atoms with van der Waals surface area (Å²) in [5, 5.41) is 0. The lowest BCUT2D eigenvalue weighted by molar-refractivity contribution is -0.146. The third-order valence-corrected chi connectivity index (χ3v) is 2.98. The molecule has 0 N–H and O–H groups in total. The second-order valence-electron chi connectivity index (χ2n) is 5.09. The fraction of sp³-hybridized carbons (Fsp3) is 0.538. The first-order valence-corrected chi connectivity index (χ1v) is 6.05. The predicted molar refractivity (Wildman–Crippen MR) is 67.3 cm³/mol. The summed E-state index contributed by atoms with van der Waals surface area (Å²) in [6, 6.07) is 4.87. The summed E-state index contributed by atoms with van der Waals surface area (Å²) >= 11 is 0. The van der Waals surface area contributed by atoms with Gasteiger partial charge in [0.25, 0.3) is 5.56 Å². The Morgan fingerprint density at radius 3 is 2.89 bits per heavy atom. The van der Waals surface area contributed by atoms with E-state index in [1.54, 1.807) is 23.2 Å². The molecule has 0 atom stereocenters. The van der Waals surface area contributed by atoms with Crippen molar-refractivity contribution in [1.29, 1.82) is 0 Å². The molecule has 0 aromatic carbocycles. The first-order valence-electron chi connectivity index (χ1n) is 6.05. The summed E-state index contributed by atoms with van der Waals surface area (Å²) in [5.74, 6) is -0.0420. The number of carbonyl (C=O) groups is 1. The molecule has 5 heteroatoms. The largest absolute Gasteiger partial charge is 0.372 e. The van der Waals surface area contributed by atoms with E-state index in [4.69, 9.17) is 4.74 Å². The second-order valence-corrected chi connectivity index (χ2v) is 5.09. The number of nitrogens with zero attached hydrogens (tertiary/aromatic N) is 2. The summed E-state index contributed by atoms with van der Waals surface area (Å²) < 4.78 is 6.98. The SMILES string of the molecule is CC1(C)CN(C(=O)Cn2ccccc2=O)CCO1. The minimum atomic E-state index is -0.310. The standard InChI is InChI=1S/C13H18N2O3/c1-13(2)10-15(7-8-18-13)12(17)9-14-6-4-3-5-11(14)16/h3-6H,7-10H2,1-2H3. The number of aromatic nitrogens is 1. The molecule has 2 rings (SSSR count). The minimum Gasteiger partial charge on any atom is -0.372 e. The van der Waals surface area contributed by atoms with Crippen LogP contribution in [0.3, 0.4) is 0 Å². The summed E-state index contributed by atoms with van der Waals surface area (Å²) in [4.78, 5) is 25.4. The number of hydrogen-bond donors (Lipinski definition) is 0. The van der Waals surface area contributed by atoms with E-state index in [0.717, 1.165) is 0 Å². The molecular formula is C13H18N2O3. The molecule has 1 aromatic rings. The van der Waals surface area contributed by atoms with Crippen LogP contribution in [0.4, 0.5) is 0 Å². The van der Waals surface area contributed by atoms with Gasteiger partial charge in [-0.15, -0.1) is 0 Å². The van der Waals surface area contributed by atoms with E-state index in [-0.39, 0.29) is 23.6 Å². The monoisotopic (exact) mass is 250 g/mol. The molecule has 0 radical (unpaired) electrons. The van der Waals surface area contributed by atoms with E-state index in [1.165, 1.54) is 10.6 Å². The van der Waals surface area contributed by atoms with E-state index in [2.05, 4.69) is 0 Å². The molecule has 1 aromatic heterocycles. The number of carbonyl (C=O) groups excluding carboxylic acids is 1. The first kappa shape index (κ1) is 12.8. The van der Waals surface area contributed by atoms with Crippen LogP contribution < -0.4 is 5.56 Å². The quantitative estimate of drug-likeness (QED) is 0.767. The van der Waals surface area contributed by atoms with Crippen LogP contribution >= 0.6 is 0 Å². The van der Waals surface area contributed by atoms with Crippen molar-refractivity contribution in [1.82, 2.24) is 9.47 Å². The fourth-order valence-corrected chi connectivity index (χ4v) is 2.07. The molecule has 0 saturated carbocycles. The number of morpholine rings is 1. The van der Waals surface area contributed by atoms with Gasteiger partial charge in [0, 0.05) is 25.4 Å². The van der Waals surface area contributed by atoms with Crippen molar-refractivity contribution in [2.45, 2.75) is 26.0 Å². The molecule has 18 heavy (non-hydrogen) atoms. The molecule has 2 heterocycles. The predicted octanol–water partition coefficient (Wildman–Crippen LogP) is 0.486. The third kappa shape index (κ3) is 2.98. The van der Waals surface area contributed by atoms with Crippen LogP contribution in [0.5, 0.6) is 0 Å². The number of pyridine rings is 1. The van der Waals surface area contributed by atoms with Crippen molar-refractivity contribution in [3.05, 3.63) is 34.7 Å². The molecule has 5 nitrogen and oxygen atoms in total. The zero-order valence-corrected chi connectivity index (χ0v) is 10.8. The molecule has 0 unspecified atom stereocenters. The van der Waals surface area contributed by atoms with Crippen LogP contribution in [0.2, 0.25) is 0 Å². The van der Waals surface area contributed by atoms with Crippen LogP contribution in [-0.4, -0.2) is 40.7 Å². The maximum absolute atomic E-state index is 12.1. The maximum Gasteiger partial charge on any atom is 0.250 e. The van der Waals surface area contributed by atoms with E-state index in [9.17, 15) is 9.59 Å². The van der Waals surface area contributed by atoms with Gasteiger partial charge in [-0.25, -0.2) is 0 Å². The summed E-state index contributed by atoms with van der Waals surface area (Å²) in [6.45, 7) is 5.71. The van der Waals surface area contributed by atoms with Crippen molar-refractivity contribution in [3.63, 3.8) is 0 Å². The molecule has 1 saturated heterocycles. The number of hydrogen-bond acceptors (Lipinski definition) is 3. The Bertz CT molecular complexity index is 493. The lowest BCUT2D eigenvalue weighted by Gasteiger charge is -2.38. The van der Waals surface area contributed by atoms with Crippen LogP contribution in [0, 0.1) is 0 Å². The Morgan fingerprint density at radius 2 is 2.22 bits per heavy atom. The van der Waals surface area contributed by atoms with Gasteiger partial charge >= 0.3 is 0 Å². The minimum absolute atomic E-state index is 0.0420. The van der Waals surface area contributed by atoms with Gasteiger partial charge in [-0.3, -0.25) is 9.59 Å². The van der Waals surface area contributed by atoms with Crippen LogP contribution in [-0.2, 0) is 16.1 Å². The Balaban J connectivity index is 2.04. The van der Waals surface area contributed by atoms with Crippen molar-refractivity contribution >= 4 is 5.91 Å². The Morgan fingerprint density at radius 1 is 1.44 bits per heavy atom. The molecule has 0 spiro atoms. The van der Waals surface area contributed by atoms with Gasteiger partial charge in [-0.05, 0) is 19.9 Å². The van der Waals surface area contributed by atoms with E-state index in [1.807, 2.05) is 13.8 Å². The molecule has 1 aliphatic heterocycles.